The van der Waals surface area contributed by atoms with Crippen molar-refractivity contribution in [2.24, 2.45) is 4.99 Å². The highest BCUT2D eigenvalue weighted by Crippen LogP contribution is 2.44. The molecule has 32 heavy (non-hydrogen) atoms. The molecule has 4 aromatic rings. The van der Waals surface area contributed by atoms with Crippen LogP contribution in [0.4, 0.5) is 10.1 Å². The summed E-state index contributed by atoms with van der Waals surface area (Å²) in [6.45, 7) is 1.80. The molecule has 0 radical (unpaired) electrons. The number of benzene rings is 1. The minimum Gasteiger partial charge on any atom is -0.477 e. The van der Waals surface area contributed by atoms with Crippen LogP contribution in [0.15, 0.2) is 58.1 Å². The number of aromatic carboxylic acids is 1. The Morgan fingerprint density at radius 3 is 2.66 bits per heavy atom. The van der Waals surface area contributed by atoms with E-state index in [1.165, 1.54) is 18.6 Å². The minimum atomic E-state index is -1.05. The van der Waals surface area contributed by atoms with Gasteiger partial charge in [0.25, 0.3) is 0 Å². The number of pyridine rings is 1. The number of thiophene rings is 1. The van der Waals surface area contributed by atoms with Crippen LogP contribution < -0.4 is 0 Å². The predicted molar refractivity (Wildman–Crippen MR) is 123 cm³/mol. The third-order valence-corrected chi connectivity index (χ3v) is 6.56. The van der Waals surface area contributed by atoms with E-state index >= 15 is 0 Å². The first kappa shape index (κ1) is 20.4. The highest BCUT2D eigenvalue weighted by Gasteiger charge is 2.23. The van der Waals surface area contributed by atoms with Gasteiger partial charge in [-0.3, -0.25) is 0 Å². The number of furan rings is 1. The molecule has 4 heterocycles. The Kier molecular flexibility index (Phi) is 5.45. The Morgan fingerprint density at radius 2 is 1.97 bits per heavy atom. The van der Waals surface area contributed by atoms with E-state index in [4.69, 9.17) is 4.42 Å². The van der Waals surface area contributed by atoms with E-state index in [9.17, 15) is 14.3 Å². The number of piperidine rings is 1. The molecule has 1 N–H and O–H groups in total. The van der Waals surface area contributed by atoms with Crippen molar-refractivity contribution in [1.82, 2.24) is 9.88 Å². The molecule has 0 saturated carbocycles. The number of hydrogen-bond donors (Lipinski definition) is 1. The topological polar surface area (TPSA) is 78.9 Å². The third-order valence-electron chi connectivity index (χ3n) is 5.50. The van der Waals surface area contributed by atoms with Crippen LogP contribution in [0.2, 0.25) is 0 Å². The summed E-state index contributed by atoms with van der Waals surface area (Å²) >= 11 is 1.08. The van der Waals surface area contributed by atoms with Gasteiger partial charge in [0.1, 0.15) is 26.9 Å². The first-order valence-corrected chi connectivity index (χ1v) is 11.2. The lowest BCUT2D eigenvalue weighted by Crippen LogP contribution is -2.28. The maximum Gasteiger partial charge on any atom is 0.348 e. The highest BCUT2D eigenvalue weighted by molar-refractivity contribution is 7.21. The van der Waals surface area contributed by atoms with Gasteiger partial charge in [-0.15, -0.1) is 11.3 Å². The zero-order valence-corrected chi connectivity index (χ0v) is 17.9. The maximum absolute atomic E-state index is 13.6. The van der Waals surface area contributed by atoms with E-state index < -0.39 is 5.97 Å². The van der Waals surface area contributed by atoms with Crippen molar-refractivity contribution < 1.29 is 18.7 Å². The minimum absolute atomic E-state index is 0.126. The van der Waals surface area contributed by atoms with Gasteiger partial charge in [-0.25, -0.2) is 19.2 Å². The number of carbonyl (C=O) groups is 1. The molecule has 8 heteroatoms. The lowest BCUT2D eigenvalue weighted by Gasteiger charge is -2.23. The average molecular weight is 450 g/mol. The van der Waals surface area contributed by atoms with Gasteiger partial charge in [0.05, 0.1) is 12.6 Å². The number of aromatic nitrogens is 1. The molecule has 0 bridgehead atoms. The van der Waals surface area contributed by atoms with Gasteiger partial charge in [0, 0.05) is 18.5 Å². The molecule has 0 unspecified atom stereocenters. The summed E-state index contributed by atoms with van der Waals surface area (Å²) in [6, 6.07) is 11.5. The zero-order chi connectivity index (χ0) is 22.1. The van der Waals surface area contributed by atoms with Crippen LogP contribution in [0.1, 0.15) is 28.9 Å². The van der Waals surface area contributed by atoms with Crippen molar-refractivity contribution >= 4 is 39.5 Å². The van der Waals surface area contributed by atoms with Crippen LogP contribution in [0.5, 0.6) is 0 Å². The fraction of sp³-hybridized carbons (Fsp3) is 0.208. The van der Waals surface area contributed by atoms with Crippen LogP contribution in [-0.2, 0) is 0 Å². The van der Waals surface area contributed by atoms with Crippen molar-refractivity contribution in [2.75, 3.05) is 13.1 Å². The monoisotopic (exact) mass is 449 g/mol. The van der Waals surface area contributed by atoms with E-state index in [1.807, 2.05) is 6.07 Å². The summed E-state index contributed by atoms with van der Waals surface area (Å²) in [5.41, 5.74) is 2.43. The van der Waals surface area contributed by atoms with Gasteiger partial charge < -0.3 is 14.4 Å². The second kappa shape index (κ2) is 8.55. The standard InChI is InChI=1S/C24H20FN3O3S/c25-16-8-6-15(7-9-16)17-13-18(19-5-4-12-31-19)27-23-20(17)21(22(32-23)24(29)30)26-14-28-10-2-1-3-11-28/h4-9,12-14H,1-3,10-11H2,(H,29,30). The van der Waals surface area contributed by atoms with Crippen molar-refractivity contribution in [3.8, 4) is 22.6 Å². The fourth-order valence-corrected chi connectivity index (χ4v) is 4.92. The summed E-state index contributed by atoms with van der Waals surface area (Å²) < 4.78 is 19.1. The van der Waals surface area contributed by atoms with Gasteiger partial charge in [-0.2, -0.15) is 0 Å². The molecule has 1 aliphatic heterocycles. The highest BCUT2D eigenvalue weighted by atomic mass is 32.1. The summed E-state index contributed by atoms with van der Waals surface area (Å²) in [6.07, 6.45) is 6.68. The molecule has 1 fully saturated rings. The van der Waals surface area contributed by atoms with Gasteiger partial charge in [0.15, 0.2) is 5.76 Å². The molecule has 5 rings (SSSR count). The van der Waals surface area contributed by atoms with Crippen molar-refractivity contribution in [3.05, 3.63) is 59.4 Å². The summed E-state index contributed by atoms with van der Waals surface area (Å²) in [4.78, 5) is 24.2. The quantitative estimate of drug-likeness (QED) is 0.290. The predicted octanol–water partition coefficient (Wildman–Crippen LogP) is 6.21. The molecule has 0 amide bonds. The Morgan fingerprint density at radius 1 is 1.19 bits per heavy atom. The molecule has 0 atom stereocenters. The van der Waals surface area contributed by atoms with Gasteiger partial charge in [-0.05, 0) is 60.7 Å². The van der Waals surface area contributed by atoms with Crippen LogP contribution in [0.25, 0.3) is 32.8 Å². The Labute approximate surface area is 187 Å². The first-order chi connectivity index (χ1) is 15.6. The molecular weight excluding hydrogens is 429 g/mol. The van der Waals surface area contributed by atoms with Crippen LogP contribution in [0.3, 0.4) is 0 Å². The van der Waals surface area contributed by atoms with E-state index in [1.54, 1.807) is 36.9 Å². The van der Waals surface area contributed by atoms with E-state index in [-0.39, 0.29) is 10.7 Å². The maximum atomic E-state index is 13.6. The molecule has 0 aliphatic carbocycles. The number of likely N-dealkylation sites (tertiary alicyclic amines) is 1. The van der Waals surface area contributed by atoms with Crippen molar-refractivity contribution in [3.63, 3.8) is 0 Å². The Balaban J connectivity index is 1.74. The largest absolute Gasteiger partial charge is 0.477 e. The number of carboxylic acids is 1. The second-order valence-corrected chi connectivity index (χ2v) is 8.64. The number of carboxylic acid groups (broad SMARTS) is 1. The molecule has 0 spiro atoms. The molecule has 1 aliphatic rings. The van der Waals surface area contributed by atoms with Crippen molar-refractivity contribution in [2.45, 2.75) is 19.3 Å². The summed E-state index contributed by atoms with van der Waals surface area (Å²) in [5, 5.41) is 10.5. The van der Waals surface area contributed by atoms with Crippen LogP contribution in [0, 0.1) is 5.82 Å². The Bertz CT molecular complexity index is 1290. The smallest absolute Gasteiger partial charge is 0.348 e. The van der Waals surface area contributed by atoms with Gasteiger partial charge in [0.2, 0.25) is 0 Å². The van der Waals surface area contributed by atoms with Crippen LogP contribution >= 0.6 is 11.3 Å². The molecule has 6 nitrogen and oxygen atoms in total. The fourth-order valence-electron chi connectivity index (χ4n) is 3.93. The summed E-state index contributed by atoms with van der Waals surface area (Å²) in [5.74, 6) is -0.826. The first-order valence-electron chi connectivity index (χ1n) is 10.4. The molecule has 1 saturated heterocycles. The Hall–Kier alpha value is -3.52. The lowest BCUT2D eigenvalue weighted by molar-refractivity contribution is 0.0703. The van der Waals surface area contributed by atoms with Gasteiger partial charge >= 0.3 is 5.97 Å². The number of halogens is 1. The number of hydrogen-bond acceptors (Lipinski definition) is 5. The SMILES string of the molecule is O=C(O)c1sc2nc(-c3ccco3)cc(-c3ccc(F)cc3)c2c1N=CN1CCCCC1. The van der Waals surface area contributed by atoms with Gasteiger partial charge in [-0.1, -0.05) is 12.1 Å². The third kappa shape index (κ3) is 3.89. The summed E-state index contributed by atoms with van der Waals surface area (Å²) in [7, 11) is 0. The lowest BCUT2D eigenvalue weighted by atomic mass is 10.0. The van der Waals surface area contributed by atoms with Crippen LogP contribution in [-0.4, -0.2) is 40.4 Å². The number of rotatable bonds is 5. The molecule has 162 valence electrons. The molecule has 3 aromatic heterocycles. The number of fused-ring (bicyclic) bond motifs is 1. The van der Waals surface area contributed by atoms with Crippen molar-refractivity contribution in [1.29, 1.82) is 0 Å². The molecular formula is C24H20FN3O3S. The van der Waals surface area contributed by atoms with E-state index in [0.717, 1.165) is 48.4 Å². The van der Waals surface area contributed by atoms with E-state index in [2.05, 4.69) is 14.9 Å². The average Bonchev–Trinajstić information content (AvgIpc) is 3.47. The number of nitrogens with zero attached hydrogens (tertiary/aromatic N) is 3. The second-order valence-electron chi connectivity index (χ2n) is 7.65. The normalized spacial score (nSPS) is 14.5. The zero-order valence-electron chi connectivity index (χ0n) is 17.1. The molecule has 1 aromatic carbocycles. The number of aliphatic imine (C=N–C) groups is 1. The van der Waals surface area contributed by atoms with E-state index in [0.29, 0.717) is 27.4 Å².